The van der Waals surface area contributed by atoms with Crippen LogP contribution in [0, 0.1) is 0 Å². The van der Waals surface area contributed by atoms with Crippen molar-refractivity contribution in [1.82, 2.24) is 10.0 Å². The number of nitrogens with zero attached hydrogens (tertiary/aromatic N) is 2. The molecule has 0 unspecified atom stereocenters. The van der Waals surface area contributed by atoms with Gasteiger partial charge in [0.25, 0.3) is 11.8 Å². The van der Waals surface area contributed by atoms with E-state index < -0.39 is 11.9 Å². The zero-order chi connectivity index (χ0) is 19.8. The van der Waals surface area contributed by atoms with E-state index in [1.54, 1.807) is 38.3 Å². The molecule has 27 heavy (non-hydrogen) atoms. The molecule has 0 bridgehead atoms. The molecule has 2 amide bonds. The Morgan fingerprint density at radius 2 is 1.85 bits per heavy atom. The third-order valence-corrected chi connectivity index (χ3v) is 4.02. The molecule has 1 saturated heterocycles. The van der Waals surface area contributed by atoms with Crippen LogP contribution in [0.1, 0.15) is 25.3 Å². The molecule has 0 aromatic heterocycles. The summed E-state index contributed by atoms with van der Waals surface area (Å²) in [4.78, 5) is 36.3. The highest BCUT2D eigenvalue weighted by atomic mass is 16.5. The van der Waals surface area contributed by atoms with Gasteiger partial charge in [0.2, 0.25) is 0 Å². The van der Waals surface area contributed by atoms with Gasteiger partial charge in [0.15, 0.2) is 0 Å². The number of carbonyl (C=O) groups excluding carboxylic acids is 3. The lowest BCUT2D eigenvalue weighted by molar-refractivity contribution is -0.159. The van der Waals surface area contributed by atoms with E-state index in [1.165, 1.54) is 23.2 Å². The summed E-state index contributed by atoms with van der Waals surface area (Å²) in [6, 6.07) is 5.25. The van der Waals surface area contributed by atoms with Crippen molar-refractivity contribution in [2.24, 2.45) is 0 Å². The van der Waals surface area contributed by atoms with Crippen LogP contribution in [0.15, 0.2) is 24.3 Å². The van der Waals surface area contributed by atoms with Crippen LogP contribution in [0.5, 0.6) is 11.5 Å². The standard InChI is InChI=1S/C19H24N2O6/c1-4-27-19(24)13-18(23)21-11-5-10-20(21)17(22)9-6-14-12-15(25-2)7-8-16(14)26-3/h6-9,12H,4-5,10-11,13H2,1-3H3. The number of methoxy groups -OCH3 is 2. The third-order valence-electron chi connectivity index (χ3n) is 4.02. The highest BCUT2D eigenvalue weighted by molar-refractivity contribution is 5.97. The number of rotatable bonds is 7. The first-order chi connectivity index (χ1) is 13.0. The molecule has 0 spiro atoms. The second kappa shape index (κ2) is 9.61. The van der Waals surface area contributed by atoms with Crippen molar-refractivity contribution in [2.75, 3.05) is 33.9 Å². The van der Waals surface area contributed by atoms with Gasteiger partial charge in [-0.25, -0.2) is 5.01 Å². The summed E-state index contributed by atoms with van der Waals surface area (Å²) in [7, 11) is 3.09. The molecule has 1 aromatic carbocycles. The number of hydrazine groups is 1. The Morgan fingerprint density at radius 3 is 2.52 bits per heavy atom. The van der Waals surface area contributed by atoms with Crippen molar-refractivity contribution in [3.8, 4) is 11.5 Å². The molecule has 0 saturated carbocycles. The van der Waals surface area contributed by atoms with Crippen LogP contribution in [0.3, 0.4) is 0 Å². The van der Waals surface area contributed by atoms with E-state index in [0.717, 1.165) is 0 Å². The Balaban J connectivity index is 2.09. The van der Waals surface area contributed by atoms with Gasteiger partial charge < -0.3 is 14.2 Å². The van der Waals surface area contributed by atoms with Crippen molar-refractivity contribution in [3.63, 3.8) is 0 Å². The average molecular weight is 376 g/mol. The van der Waals surface area contributed by atoms with Gasteiger partial charge in [-0.3, -0.25) is 19.4 Å². The number of esters is 1. The van der Waals surface area contributed by atoms with E-state index in [9.17, 15) is 14.4 Å². The highest BCUT2D eigenvalue weighted by Gasteiger charge is 2.30. The number of benzene rings is 1. The van der Waals surface area contributed by atoms with Gasteiger partial charge in [0.1, 0.15) is 17.9 Å². The minimum absolute atomic E-state index is 0.208. The van der Waals surface area contributed by atoms with Gasteiger partial charge in [-0.1, -0.05) is 0 Å². The second-order valence-electron chi connectivity index (χ2n) is 5.75. The summed E-state index contributed by atoms with van der Waals surface area (Å²) in [5.41, 5.74) is 0.675. The molecule has 1 heterocycles. The van der Waals surface area contributed by atoms with Crippen LogP contribution < -0.4 is 9.47 Å². The van der Waals surface area contributed by atoms with E-state index >= 15 is 0 Å². The summed E-state index contributed by atoms with van der Waals surface area (Å²) in [5.74, 6) is -0.175. The maximum absolute atomic E-state index is 12.6. The van der Waals surface area contributed by atoms with E-state index in [4.69, 9.17) is 14.2 Å². The van der Waals surface area contributed by atoms with Crippen molar-refractivity contribution in [1.29, 1.82) is 0 Å². The number of carbonyl (C=O) groups is 3. The van der Waals surface area contributed by atoms with Crippen LogP contribution in [-0.2, 0) is 19.1 Å². The molecule has 1 aliphatic heterocycles. The van der Waals surface area contributed by atoms with Crippen LogP contribution in [0.2, 0.25) is 0 Å². The number of ether oxygens (including phenoxy) is 3. The molecule has 1 aromatic rings. The number of amides is 2. The molecule has 0 N–H and O–H groups in total. The third kappa shape index (κ3) is 5.22. The molecule has 1 aliphatic rings. The second-order valence-corrected chi connectivity index (χ2v) is 5.75. The SMILES string of the molecule is CCOC(=O)CC(=O)N1CCCN1C(=O)C=Cc1cc(OC)ccc1OC. The molecule has 0 radical (unpaired) electrons. The summed E-state index contributed by atoms with van der Waals surface area (Å²) in [6.07, 6.45) is 3.24. The lowest BCUT2D eigenvalue weighted by atomic mass is 10.1. The van der Waals surface area contributed by atoms with E-state index in [1.807, 2.05) is 0 Å². The zero-order valence-electron chi connectivity index (χ0n) is 15.8. The maximum atomic E-state index is 12.6. The first-order valence-electron chi connectivity index (χ1n) is 8.67. The molecular formula is C19H24N2O6. The summed E-state index contributed by atoms with van der Waals surface area (Å²) in [5, 5.41) is 2.64. The molecule has 8 nitrogen and oxygen atoms in total. The van der Waals surface area contributed by atoms with Gasteiger partial charge in [-0.05, 0) is 37.6 Å². The minimum atomic E-state index is -0.599. The van der Waals surface area contributed by atoms with Crippen LogP contribution in [0.25, 0.3) is 6.08 Å². The maximum Gasteiger partial charge on any atom is 0.315 e. The Morgan fingerprint density at radius 1 is 1.11 bits per heavy atom. The predicted octanol–water partition coefficient (Wildman–Crippen LogP) is 1.65. The average Bonchev–Trinajstić information content (AvgIpc) is 3.16. The van der Waals surface area contributed by atoms with Crippen molar-refractivity contribution < 1.29 is 28.6 Å². The first kappa shape index (κ1) is 20.3. The predicted molar refractivity (Wildman–Crippen MR) is 97.9 cm³/mol. The van der Waals surface area contributed by atoms with Crippen LogP contribution in [0.4, 0.5) is 0 Å². The van der Waals surface area contributed by atoms with Gasteiger partial charge in [-0.15, -0.1) is 0 Å². The quantitative estimate of drug-likeness (QED) is 0.409. The van der Waals surface area contributed by atoms with Gasteiger partial charge in [-0.2, -0.15) is 0 Å². The Labute approximate surface area is 158 Å². The fraction of sp³-hybridized carbons (Fsp3) is 0.421. The van der Waals surface area contributed by atoms with E-state index in [-0.39, 0.29) is 18.9 Å². The fourth-order valence-corrected chi connectivity index (χ4v) is 2.74. The van der Waals surface area contributed by atoms with Gasteiger partial charge in [0.05, 0.1) is 20.8 Å². The summed E-state index contributed by atoms with van der Waals surface area (Å²) < 4.78 is 15.3. The molecule has 2 rings (SSSR count). The van der Waals surface area contributed by atoms with Crippen LogP contribution >= 0.6 is 0 Å². The van der Waals surface area contributed by atoms with Crippen molar-refractivity contribution >= 4 is 23.9 Å². The Bertz CT molecular complexity index is 731. The number of hydrogen-bond donors (Lipinski definition) is 0. The zero-order valence-corrected chi connectivity index (χ0v) is 15.8. The molecular weight excluding hydrogens is 352 g/mol. The molecule has 8 heteroatoms. The van der Waals surface area contributed by atoms with Gasteiger partial charge >= 0.3 is 5.97 Å². The molecule has 0 aliphatic carbocycles. The summed E-state index contributed by atoms with van der Waals surface area (Å²) >= 11 is 0. The molecule has 0 atom stereocenters. The van der Waals surface area contributed by atoms with Crippen LogP contribution in [-0.4, -0.2) is 61.7 Å². The molecule has 146 valence electrons. The summed E-state index contributed by atoms with van der Waals surface area (Å²) in [6.45, 7) is 2.68. The Kier molecular flexibility index (Phi) is 7.22. The fourth-order valence-electron chi connectivity index (χ4n) is 2.74. The first-order valence-corrected chi connectivity index (χ1v) is 8.67. The topological polar surface area (TPSA) is 85.4 Å². The van der Waals surface area contributed by atoms with Crippen molar-refractivity contribution in [2.45, 2.75) is 19.8 Å². The van der Waals surface area contributed by atoms with E-state index in [2.05, 4.69) is 0 Å². The smallest absolute Gasteiger partial charge is 0.315 e. The normalized spacial score (nSPS) is 13.7. The largest absolute Gasteiger partial charge is 0.497 e. The molecule has 1 fully saturated rings. The monoisotopic (exact) mass is 376 g/mol. The van der Waals surface area contributed by atoms with E-state index in [0.29, 0.717) is 36.6 Å². The lowest BCUT2D eigenvalue weighted by Crippen LogP contribution is -2.44. The van der Waals surface area contributed by atoms with Gasteiger partial charge in [0, 0.05) is 24.7 Å². The van der Waals surface area contributed by atoms with Crippen molar-refractivity contribution in [3.05, 3.63) is 29.8 Å². The highest BCUT2D eigenvalue weighted by Crippen LogP contribution is 2.25. The lowest BCUT2D eigenvalue weighted by Gasteiger charge is -2.26. The minimum Gasteiger partial charge on any atom is -0.497 e. The Hall–Kier alpha value is -3.03. The number of hydrogen-bond acceptors (Lipinski definition) is 6.